The van der Waals surface area contributed by atoms with Crippen LogP contribution in [0.4, 0.5) is 19.0 Å². The fourth-order valence-corrected chi connectivity index (χ4v) is 7.05. The van der Waals surface area contributed by atoms with E-state index in [4.69, 9.17) is 10.7 Å². The Labute approximate surface area is 217 Å². The Morgan fingerprint density at radius 2 is 1.86 bits per heavy atom. The molecule has 0 amide bonds. The minimum atomic E-state index is -4.44. The van der Waals surface area contributed by atoms with E-state index in [0.717, 1.165) is 75.1 Å². The zero-order valence-electron chi connectivity index (χ0n) is 20.5. The van der Waals surface area contributed by atoms with Crippen molar-refractivity contribution in [1.29, 1.82) is 0 Å². The number of piperidine rings is 1. The first kappa shape index (κ1) is 25.0. The zero-order valence-corrected chi connectivity index (χ0v) is 21.3. The Balaban J connectivity index is 1.30. The number of aromatic nitrogens is 2. The lowest BCUT2D eigenvalue weighted by atomic mass is 9.87. The van der Waals surface area contributed by atoms with Crippen molar-refractivity contribution in [3.05, 3.63) is 41.6 Å². The van der Waals surface area contributed by atoms with Crippen LogP contribution in [0.5, 0.6) is 0 Å². The minimum Gasteiger partial charge on any atom is -0.616 e. The number of hydrogen-bond acceptors (Lipinski definition) is 7. The quantitative estimate of drug-likeness (QED) is 0.520. The van der Waals surface area contributed by atoms with Crippen LogP contribution in [0.3, 0.4) is 0 Å². The predicted molar refractivity (Wildman–Crippen MR) is 137 cm³/mol. The number of anilines is 1. The third kappa shape index (κ3) is 5.08. The monoisotopic (exact) mass is 535 g/mol. The lowest BCUT2D eigenvalue weighted by Gasteiger charge is -2.39. The van der Waals surface area contributed by atoms with Crippen molar-refractivity contribution in [2.24, 2.45) is 16.6 Å². The number of amidine groups is 1. The van der Waals surface area contributed by atoms with E-state index in [2.05, 4.69) is 20.6 Å². The first-order valence-electron chi connectivity index (χ1n) is 12.9. The molecule has 1 unspecified atom stereocenters. The summed E-state index contributed by atoms with van der Waals surface area (Å²) in [7, 11) is 0. The van der Waals surface area contributed by atoms with Crippen LogP contribution in [-0.2, 0) is 17.4 Å². The van der Waals surface area contributed by atoms with Gasteiger partial charge in [-0.2, -0.15) is 18.3 Å². The van der Waals surface area contributed by atoms with Crippen LogP contribution in [0.2, 0.25) is 0 Å². The Morgan fingerprint density at radius 1 is 1.14 bits per heavy atom. The van der Waals surface area contributed by atoms with Crippen molar-refractivity contribution < 1.29 is 17.7 Å². The molecule has 0 bridgehead atoms. The lowest BCUT2D eigenvalue weighted by Crippen LogP contribution is -2.50. The molecule has 2 aromatic rings. The maximum Gasteiger partial charge on any atom is 0.416 e. The molecule has 1 aromatic carbocycles. The van der Waals surface area contributed by atoms with Gasteiger partial charge in [-0.15, -0.1) is 0 Å². The van der Waals surface area contributed by atoms with Gasteiger partial charge in [0.1, 0.15) is 23.2 Å². The largest absolute Gasteiger partial charge is 0.616 e. The molecule has 0 spiro atoms. The average molecular weight is 536 g/mol. The van der Waals surface area contributed by atoms with Crippen molar-refractivity contribution in [3.63, 3.8) is 0 Å². The van der Waals surface area contributed by atoms with Gasteiger partial charge in [-0.25, -0.2) is 9.67 Å². The van der Waals surface area contributed by atoms with Crippen LogP contribution >= 0.6 is 0 Å². The number of likely N-dealkylation sites (tertiary alicyclic amines) is 1. The van der Waals surface area contributed by atoms with Crippen molar-refractivity contribution in [3.8, 4) is 5.69 Å². The summed E-state index contributed by atoms with van der Waals surface area (Å²) >= 11 is -0.773. The van der Waals surface area contributed by atoms with Gasteiger partial charge < -0.3 is 20.5 Å². The van der Waals surface area contributed by atoms with Gasteiger partial charge in [0.15, 0.2) is 6.29 Å². The number of aliphatic imine (C=N–C) groups is 1. The van der Waals surface area contributed by atoms with E-state index < -0.39 is 29.2 Å². The number of hydrogen-bond donors (Lipinski definition) is 3. The molecule has 3 aliphatic heterocycles. The molecule has 0 radical (unpaired) electrons. The molecule has 8 nitrogen and oxygen atoms in total. The topological polar surface area (TPSA) is 107 Å². The molecule has 4 N–H and O–H groups in total. The van der Waals surface area contributed by atoms with Gasteiger partial charge in [-0.3, -0.25) is 5.32 Å². The molecule has 4 heterocycles. The molecule has 1 aromatic heterocycles. The van der Waals surface area contributed by atoms with Gasteiger partial charge in [0.05, 0.1) is 23.0 Å². The smallest absolute Gasteiger partial charge is 0.416 e. The number of benzene rings is 1. The summed E-state index contributed by atoms with van der Waals surface area (Å²) in [6, 6.07) is 5.35. The Kier molecular flexibility index (Phi) is 6.41. The minimum absolute atomic E-state index is 0.00722. The number of alkyl halides is 3. The fraction of sp³-hybridized carbons (Fsp3) is 0.600. The first-order valence-corrected chi connectivity index (χ1v) is 14.4. The number of halogens is 3. The zero-order chi connectivity index (χ0) is 25.8. The molecule has 4 aliphatic rings. The third-order valence-corrected chi connectivity index (χ3v) is 9.55. The molecular weight excluding hydrogens is 503 g/mol. The normalized spacial score (nSPS) is 27.9. The summed E-state index contributed by atoms with van der Waals surface area (Å²) in [4.78, 5) is 7.26. The summed E-state index contributed by atoms with van der Waals surface area (Å²) in [6.45, 7) is 1.65. The van der Waals surface area contributed by atoms with Crippen LogP contribution in [-0.4, -0.2) is 67.5 Å². The Bertz CT molecular complexity index is 1170. The summed E-state index contributed by atoms with van der Waals surface area (Å²) in [5, 5.41) is 11.4. The second-order valence-electron chi connectivity index (χ2n) is 10.6. The molecule has 3 fully saturated rings. The third-order valence-electron chi connectivity index (χ3n) is 8.17. The second kappa shape index (κ2) is 9.48. The number of nitrogens with two attached hydrogens (primary N) is 1. The standard InChI is InChI=1S/C25H32F3N7OS/c26-25(27,28)17-2-1-3-19(14-17)35-22-20(15-30-35)21(34-10-4-16(5-11-34)24(29)8-9-24)32-23(33-22)31-18-6-12-37(36)13-7-18/h1-3,14-16,18,23,31,33H,4-13,29H2. The highest BCUT2D eigenvalue weighted by atomic mass is 32.2. The summed E-state index contributed by atoms with van der Waals surface area (Å²) in [5.74, 6) is 3.23. The fourth-order valence-electron chi connectivity index (χ4n) is 5.75. The highest BCUT2D eigenvalue weighted by Crippen LogP contribution is 2.44. The number of nitrogens with zero attached hydrogens (tertiary/aromatic N) is 4. The summed E-state index contributed by atoms with van der Waals surface area (Å²) in [6.07, 6.45) is 2.52. The van der Waals surface area contributed by atoms with E-state index in [1.54, 1.807) is 12.3 Å². The Morgan fingerprint density at radius 3 is 2.54 bits per heavy atom. The van der Waals surface area contributed by atoms with Gasteiger partial charge in [0.25, 0.3) is 0 Å². The molecule has 1 aliphatic carbocycles. The maximum absolute atomic E-state index is 13.4. The van der Waals surface area contributed by atoms with Crippen LogP contribution in [0.25, 0.3) is 5.69 Å². The molecule has 37 heavy (non-hydrogen) atoms. The van der Waals surface area contributed by atoms with Crippen LogP contribution in [0.15, 0.2) is 35.5 Å². The van der Waals surface area contributed by atoms with E-state index >= 15 is 0 Å². The van der Waals surface area contributed by atoms with Crippen LogP contribution in [0, 0.1) is 5.92 Å². The second-order valence-corrected chi connectivity index (χ2v) is 12.3. The van der Waals surface area contributed by atoms with Crippen molar-refractivity contribution in [2.45, 2.75) is 62.6 Å². The SMILES string of the molecule is NC1(C2CCN(C3=NC(NC4CC[S+]([O-])CC4)Nc4c3cnn4-c3cccc(C(F)(F)F)c3)CC2)CC1. The number of fused-ring (bicyclic) bond motifs is 1. The maximum atomic E-state index is 13.4. The van der Waals surface area contributed by atoms with Crippen LogP contribution in [0.1, 0.15) is 49.7 Å². The molecule has 6 rings (SSSR count). The lowest BCUT2D eigenvalue weighted by molar-refractivity contribution is -0.137. The number of nitrogens with one attached hydrogen (secondary N) is 2. The highest BCUT2D eigenvalue weighted by molar-refractivity contribution is 7.91. The molecule has 12 heteroatoms. The first-order chi connectivity index (χ1) is 17.7. The molecular formula is C25H32F3N7OS. The van der Waals surface area contributed by atoms with Crippen molar-refractivity contribution in [2.75, 3.05) is 29.9 Å². The van der Waals surface area contributed by atoms with Crippen molar-refractivity contribution >= 4 is 22.8 Å². The van der Waals surface area contributed by atoms with Crippen LogP contribution < -0.4 is 16.4 Å². The summed E-state index contributed by atoms with van der Waals surface area (Å²) in [5.41, 5.74) is 6.86. The van der Waals surface area contributed by atoms with Gasteiger partial charge in [0, 0.05) is 37.5 Å². The molecule has 1 saturated carbocycles. The van der Waals surface area contributed by atoms with E-state index in [1.807, 2.05) is 0 Å². The van der Waals surface area contributed by atoms with Gasteiger partial charge >= 0.3 is 6.18 Å². The Hall–Kier alpha value is -2.28. The molecule has 2 saturated heterocycles. The van der Waals surface area contributed by atoms with Gasteiger partial charge in [-0.05, 0) is 49.8 Å². The summed E-state index contributed by atoms with van der Waals surface area (Å²) < 4.78 is 53.6. The highest BCUT2D eigenvalue weighted by Gasteiger charge is 2.46. The van der Waals surface area contributed by atoms with E-state index in [0.29, 0.717) is 28.9 Å². The van der Waals surface area contributed by atoms with E-state index in [1.165, 1.54) is 10.7 Å². The predicted octanol–water partition coefficient (Wildman–Crippen LogP) is 3.05. The average Bonchev–Trinajstić information content (AvgIpc) is 3.50. The van der Waals surface area contributed by atoms with Gasteiger partial charge in [-0.1, -0.05) is 17.2 Å². The number of rotatable bonds is 4. The van der Waals surface area contributed by atoms with Gasteiger partial charge in [0.2, 0.25) is 0 Å². The van der Waals surface area contributed by atoms with E-state index in [-0.39, 0.29) is 11.6 Å². The van der Waals surface area contributed by atoms with E-state index in [9.17, 15) is 17.7 Å². The molecule has 1 atom stereocenters. The molecule has 200 valence electrons. The van der Waals surface area contributed by atoms with Crippen molar-refractivity contribution in [1.82, 2.24) is 20.0 Å².